The molecular formula is C10H21NO. The predicted molar refractivity (Wildman–Crippen MR) is 51.3 cm³/mol. The second kappa shape index (κ2) is 4.83. The molecular weight excluding hydrogens is 150 g/mol. The third kappa shape index (κ3) is 3.11. The molecule has 2 heteroatoms. The molecule has 0 saturated carbocycles. The summed E-state index contributed by atoms with van der Waals surface area (Å²) < 4.78 is 5.72. The molecule has 12 heavy (non-hydrogen) atoms. The molecule has 0 amide bonds. The molecule has 0 aromatic carbocycles. The highest BCUT2D eigenvalue weighted by molar-refractivity contribution is 4.73. The SMILES string of the molecule is CC(C)[C@@H](C)OC[C@@H]1CCCN1. The molecule has 1 heterocycles. The van der Waals surface area contributed by atoms with Crippen LogP contribution in [0.25, 0.3) is 0 Å². The second-order valence-corrected chi connectivity index (χ2v) is 4.08. The Hall–Kier alpha value is -0.0800. The molecule has 1 aliphatic rings. The van der Waals surface area contributed by atoms with Crippen LogP contribution in [0.5, 0.6) is 0 Å². The third-order valence-electron chi connectivity index (χ3n) is 2.66. The first kappa shape index (κ1) is 10.0. The number of nitrogens with one attached hydrogen (secondary N) is 1. The predicted octanol–water partition coefficient (Wildman–Crippen LogP) is 1.80. The molecule has 72 valence electrons. The lowest BCUT2D eigenvalue weighted by molar-refractivity contribution is 0.0248. The summed E-state index contributed by atoms with van der Waals surface area (Å²) >= 11 is 0. The van der Waals surface area contributed by atoms with Crippen molar-refractivity contribution in [2.45, 2.75) is 45.8 Å². The number of hydrogen-bond acceptors (Lipinski definition) is 2. The molecule has 0 radical (unpaired) electrons. The average Bonchev–Trinajstić information content (AvgIpc) is 2.51. The molecule has 1 saturated heterocycles. The van der Waals surface area contributed by atoms with Crippen molar-refractivity contribution in [2.75, 3.05) is 13.2 Å². The lowest BCUT2D eigenvalue weighted by Crippen LogP contribution is -2.30. The van der Waals surface area contributed by atoms with Crippen molar-refractivity contribution in [3.8, 4) is 0 Å². The fourth-order valence-electron chi connectivity index (χ4n) is 1.36. The van der Waals surface area contributed by atoms with Crippen molar-refractivity contribution in [1.29, 1.82) is 0 Å². The highest BCUT2D eigenvalue weighted by atomic mass is 16.5. The lowest BCUT2D eigenvalue weighted by atomic mass is 10.1. The Morgan fingerprint density at radius 1 is 1.42 bits per heavy atom. The van der Waals surface area contributed by atoms with Gasteiger partial charge in [-0.25, -0.2) is 0 Å². The molecule has 0 unspecified atom stereocenters. The van der Waals surface area contributed by atoms with Crippen molar-refractivity contribution in [1.82, 2.24) is 5.32 Å². The van der Waals surface area contributed by atoms with E-state index >= 15 is 0 Å². The number of hydrogen-bond donors (Lipinski definition) is 1. The van der Waals surface area contributed by atoms with E-state index < -0.39 is 0 Å². The largest absolute Gasteiger partial charge is 0.377 e. The van der Waals surface area contributed by atoms with Crippen molar-refractivity contribution in [3.05, 3.63) is 0 Å². The van der Waals surface area contributed by atoms with Crippen LogP contribution in [0.2, 0.25) is 0 Å². The molecule has 1 fully saturated rings. The first-order valence-electron chi connectivity index (χ1n) is 5.05. The highest BCUT2D eigenvalue weighted by Gasteiger charge is 2.16. The van der Waals surface area contributed by atoms with E-state index in [2.05, 4.69) is 26.1 Å². The van der Waals surface area contributed by atoms with Gasteiger partial charge < -0.3 is 10.1 Å². The van der Waals surface area contributed by atoms with E-state index in [-0.39, 0.29) is 0 Å². The fourth-order valence-corrected chi connectivity index (χ4v) is 1.36. The molecule has 0 bridgehead atoms. The molecule has 2 atom stereocenters. The maximum absolute atomic E-state index is 5.72. The summed E-state index contributed by atoms with van der Waals surface area (Å²) in [6, 6.07) is 0.617. The Labute approximate surface area is 75.7 Å². The third-order valence-corrected chi connectivity index (χ3v) is 2.66. The van der Waals surface area contributed by atoms with Gasteiger partial charge in [-0.2, -0.15) is 0 Å². The maximum Gasteiger partial charge on any atom is 0.0623 e. The molecule has 1 aliphatic heterocycles. The van der Waals surface area contributed by atoms with Crippen molar-refractivity contribution >= 4 is 0 Å². The van der Waals surface area contributed by atoms with Crippen LogP contribution >= 0.6 is 0 Å². The zero-order valence-corrected chi connectivity index (χ0v) is 8.47. The zero-order chi connectivity index (χ0) is 8.97. The Balaban J connectivity index is 2.07. The smallest absolute Gasteiger partial charge is 0.0623 e. The van der Waals surface area contributed by atoms with Gasteiger partial charge in [0.05, 0.1) is 12.7 Å². The summed E-state index contributed by atoms with van der Waals surface area (Å²) in [6.07, 6.45) is 2.99. The van der Waals surface area contributed by atoms with Crippen LogP contribution in [0.15, 0.2) is 0 Å². The molecule has 1 rings (SSSR count). The summed E-state index contributed by atoms with van der Waals surface area (Å²) in [5, 5.41) is 3.43. The van der Waals surface area contributed by atoms with Gasteiger partial charge in [0.2, 0.25) is 0 Å². The zero-order valence-electron chi connectivity index (χ0n) is 8.47. The molecule has 0 spiro atoms. The van der Waals surface area contributed by atoms with Crippen molar-refractivity contribution in [3.63, 3.8) is 0 Å². The minimum Gasteiger partial charge on any atom is -0.377 e. The van der Waals surface area contributed by atoms with E-state index in [1.165, 1.54) is 19.4 Å². The average molecular weight is 171 g/mol. The molecule has 0 aromatic rings. The lowest BCUT2D eigenvalue weighted by Gasteiger charge is -2.19. The van der Waals surface area contributed by atoms with Crippen molar-refractivity contribution < 1.29 is 4.74 Å². The topological polar surface area (TPSA) is 21.3 Å². The van der Waals surface area contributed by atoms with Gasteiger partial charge in [0.1, 0.15) is 0 Å². The van der Waals surface area contributed by atoms with Crippen LogP contribution in [-0.2, 0) is 4.74 Å². The molecule has 0 aromatic heterocycles. The van der Waals surface area contributed by atoms with Gasteiger partial charge >= 0.3 is 0 Å². The maximum atomic E-state index is 5.72. The number of ether oxygens (including phenoxy) is 1. The summed E-state index contributed by atoms with van der Waals surface area (Å²) in [5.74, 6) is 0.631. The monoisotopic (exact) mass is 171 g/mol. The second-order valence-electron chi connectivity index (χ2n) is 4.08. The standard InChI is InChI=1S/C10H21NO/c1-8(2)9(3)12-7-10-5-4-6-11-10/h8-11H,4-7H2,1-3H3/t9-,10+/m1/s1. The van der Waals surface area contributed by atoms with Gasteiger partial charge in [-0.3, -0.25) is 0 Å². The van der Waals surface area contributed by atoms with E-state index in [9.17, 15) is 0 Å². The molecule has 2 nitrogen and oxygen atoms in total. The van der Waals surface area contributed by atoms with E-state index in [0.29, 0.717) is 18.1 Å². The summed E-state index contributed by atoms with van der Waals surface area (Å²) in [6.45, 7) is 8.61. The fraction of sp³-hybridized carbons (Fsp3) is 1.00. The minimum absolute atomic E-state index is 0.396. The van der Waals surface area contributed by atoms with E-state index in [1.54, 1.807) is 0 Å². The minimum atomic E-state index is 0.396. The first-order valence-corrected chi connectivity index (χ1v) is 5.05. The van der Waals surface area contributed by atoms with Crippen LogP contribution in [0.3, 0.4) is 0 Å². The highest BCUT2D eigenvalue weighted by Crippen LogP contribution is 2.09. The molecule has 1 N–H and O–H groups in total. The Morgan fingerprint density at radius 3 is 2.67 bits per heavy atom. The van der Waals surface area contributed by atoms with E-state index in [4.69, 9.17) is 4.74 Å². The van der Waals surface area contributed by atoms with E-state index in [0.717, 1.165) is 6.61 Å². The van der Waals surface area contributed by atoms with Crippen LogP contribution in [-0.4, -0.2) is 25.3 Å². The van der Waals surface area contributed by atoms with Gasteiger partial charge in [-0.15, -0.1) is 0 Å². The first-order chi connectivity index (χ1) is 5.70. The van der Waals surface area contributed by atoms with Gasteiger partial charge in [0.25, 0.3) is 0 Å². The van der Waals surface area contributed by atoms with Gasteiger partial charge in [0, 0.05) is 6.04 Å². The Morgan fingerprint density at radius 2 is 2.17 bits per heavy atom. The molecule has 0 aliphatic carbocycles. The van der Waals surface area contributed by atoms with Gasteiger partial charge in [-0.05, 0) is 32.2 Å². The van der Waals surface area contributed by atoms with E-state index in [1.807, 2.05) is 0 Å². The van der Waals surface area contributed by atoms with Crippen LogP contribution < -0.4 is 5.32 Å². The Kier molecular flexibility index (Phi) is 4.02. The van der Waals surface area contributed by atoms with Crippen LogP contribution in [0, 0.1) is 5.92 Å². The van der Waals surface area contributed by atoms with Crippen LogP contribution in [0.1, 0.15) is 33.6 Å². The van der Waals surface area contributed by atoms with Crippen molar-refractivity contribution in [2.24, 2.45) is 5.92 Å². The summed E-state index contributed by atoms with van der Waals surface area (Å²) in [5.41, 5.74) is 0. The number of rotatable bonds is 4. The van der Waals surface area contributed by atoms with Gasteiger partial charge in [-0.1, -0.05) is 13.8 Å². The normalized spacial score (nSPS) is 26.5. The van der Waals surface area contributed by atoms with Crippen LogP contribution in [0.4, 0.5) is 0 Å². The summed E-state index contributed by atoms with van der Waals surface area (Å²) in [7, 11) is 0. The quantitative estimate of drug-likeness (QED) is 0.696. The Bertz CT molecular complexity index is 117. The summed E-state index contributed by atoms with van der Waals surface area (Å²) in [4.78, 5) is 0. The van der Waals surface area contributed by atoms with Gasteiger partial charge in [0.15, 0.2) is 0 Å².